The van der Waals surface area contributed by atoms with Crippen LogP contribution in [0.3, 0.4) is 0 Å². The number of para-hydroxylation sites is 3. The van der Waals surface area contributed by atoms with Gasteiger partial charge >= 0.3 is 0 Å². The molecule has 0 radical (unpaired) electrons. The number of rotatable bonds is 9. The number of β-amino-alcohol motifs (C(OH)–C–C–N with tert-alkyl or cyclic N) is 1. The number of carbonyl (C=O) groups excluding carboxylic acids is 1. The van der Waals surface area contributed by atoms with E-state index >= 15 is 0 Å². The third kappa shape index (κ3) is 6.69. The summed E-state index contributed by atoms with van der Waals surface area (Å²) in [6.07, 6.45) is -2.74. The zero-order valence-electron chi connectivity index (χ0n) is 26.6. The van der Waals surface area contributed by atoms with Gasteiger partial charge in [0, 0.05) is 38.4 Å². The number of anilines is 1. The number of carbonyl (C=O) groups is 1. The highest BCUT2D eigenvalue weighted by Crippen LogP contribution is 2.25. The zero-order valence-corrected chi connectivity index (χ0v) is 17.6. The molecule has 1 aliphatic heterocycles. The molecule has 1 amide bonds. The van der Waals surface area contributed by atoms with Crippen LogP contribution in [-0.2, 0) is 4.79 Å². The van der Waals surface area contributed by atoms with E-state index < -0.39 is 26.2 Å². The number of piperazine rings is 1. The van der Waals surface area contributed by atoms with Gasteiger partial charge in [-0.05, 0) is 37.1 Å². The first-order chi connectivity index (χ1) is 18.4. The molecule has 1 fully saturated rings. The number of amides is 1. The van der Waals surface area contributed by atoms with Gasteiger partial charge in [0.15, 0.2) is 11.5 Å². The van der Waals surface area contributed by atoms with Crippen molar-refractivity contribution >= 4 is 11.6 Å². The Kier molecular flexibility index (Phi) is 4.93. The van der Waals surface area contributed by atoms with E-state index in [1.54, 1.807) is 18.7 Å². The molecule has 1 aliphatic rings. The molecule has 0 bridgehead atoms. The van der Waals surface area contributed by atoms with Gasteiger partial charge in [-0.15, -0.1) is 0 Å². The Hall–Kier alpha value is -2.61. The van der Waals surface area contributed by atoms with Crippen molar-refractivity contribution in [3.05, 3.63) is 53.5 Å². The monoisotopic (exact) mass is 436 g/mol. The van der Waals surface area contributed by atoms with Gasteiger partial charge in [0.2, 0.25) is 5.91 Å². The van der Waals surface area contributed by atoms with Crippen molar-refractivity contribution in [2.45, 2.75) is 19.9 Å². The standard InChI is InChI=1S/C24H33N3O4/c1-18-7-6-8-19(2)24(18)25-23(29)16-27-13-11-26(12-14-27)15-20(28)17-31-22-10-5-4-9-21(22)30-3/h4-10,20,28H,11-17H2,1-3H3,(H,25,29)/i3D3,6D,7D,8D,17D2,20D. The summed E-state index contributed by atoms with van der Waals surface area (Å²) in [5, 5.41) is 13.5. The lowest BCUT2D eigenvalue weighted by Crippen LogP contribution is -2.50. The predicted octanol–water partition coefficient (Wildman–Crippen LogP) is 2.31. The van der Waals surface area contributed by atoms with E-state index in [4.69, 9.17) is 21.8 Å². The van der Waals surface area contributed by atoms with Crippen molar-refractivity contribution in [3.63, 3.8) is 0 Å². The quantitative estimate of drug-likeness (QED) is 0.628. The number of nitrogens with one attached hydrogen (secondary N) is 1. The Morgan fingerprint density at radius 3 is 2.55 bits per heavy atom. The highest BCUT2D eigenvalue weighted by molar-refractivity contribution is 5.93. The number of aliphatic hydroxyl groups is 1. The van der Waals surface area contributed by atoms with Gasteiger partial charge in [-0.2, -0.15) is 0 Å². The average molecular weight is 437 g/mol. The minimum absolute atomic E-state index is 0.0192. The SMILES string of the molecule is [2H]c1c([2H])c(C)c(NC(=O)CN2CCN(CC([2H])(O)C([2H])([2H])Oc3ccccc3OC([2H])([2H])[2H])CC2)c(C)c1[2H]. The summed E-state index contributed by atoms with van der Waals surface area (Å²) in [7, 11) is -2.81. The molecule has 0 saturated carbocycles. The lowest BCUT2D eigenvalue weighted by Gasteiger charge is -2.35. The third-order valence-electron chi connectivity index (χ3n) is 4.96. The number of nitrogens with zero attached hydrogens (tertiary/aromatic N) is 2. The smallest absolute Gasteiger partial charge is 0.238 e. The number of ether oxygens (including phenoxy) is 2. The van der Waals surface area contributed by atoms with Gasteiger partial charge in [-0.25, -0.2) is 0 Å². The number of methoxy groups -OCH3 is 1. The molecule has 0 aliphatic carbocycles. The topological polar surface area (TPSA) is 74.3 Å². The Bertz CT molecular complexity index is 1200. The fourth-order valence-corrected chi connectivity index (χ4v) is 3.28. The Morgan fingerprint density at radius 2 is 1.87 bits per heavy atom. The van der Waals surface area contributed by atoms with E-state index in [1.165, 1.54) is 24.3 Å². The summed E-state index contributed by atoms with van der Waals surface area (Å²) >= 11 is 0. The van der Waals surface area contributed by atoms with Crippen LogP contribution in [0.15, 0.2) is 42.4 Å². The van der Waals surface area contributed by atoms with E-state index in [0.29, 0.717) is 43.0 Å². The second-order valence-corrected chi connectivity index (χ2v) is 7.30. The summed E-state index contributed by atoms with van der Waals surface area (Å²) < 4.78 is 80.4. The van der Waals surface area contributed by atoms with Crippen molar-refractivity contribution in [1.29, 1.82) is 0 Å². The van der Waals surface area contributed by atoms with Crippen LogP contribution in [0.5, 0.6) is 11.5 Å². The van der Waals surface area contributed by atoms with Crippen LogP contribution in [-0.4, -0.2) is 79.8 Å². The van der Waals surface area contributed by atoms with E-state index in [1.807, 2.05) is 4.90 Å². The molecule has 1 saturated heterocycles. The van der Waals surface area contributed by atoms with Gasteiger partial charge < -0.3 is 19.9 Å². The number of hydrogen-bond acceptors (Lipinski definition) is 6. The molecule has 1 atom stereocenters. The van der Waals surface area contributed by atoms with Crippen molar-refractivity contribution in [3.8, 4) is 11.5 Å². The molecule has 3 rings (SSSR count). The normalized spacial score (nSPS) is 22.1. The maximum absolute atomic E-state index is 12.7. The van der Waals surface area contributed by atoms with Gasteiger partial charge in [-0.1, -0.05) is 30.3 Å². The second kappa shape index (κ2) is 11.1. The van der Waals surface area contributed by atoms with Crippen LogP contribution in [0.25, 0.3) is 0 Å². The zero-order chi connectivity index (χ0) is 30.0. The molecule has 1 heterocycles. The van der Waals surface area contributed by atoms with E-state index in [-0.39, 0.29) is 42.1 Å². The minimum atomic E-state index is -2.93. The summed E-state index contributed by atoms with van der Waals surface area (Å²) in [4.78, 5) is 16.2. The first-order valence-corrected chi connectivity index (χ1v) is 9.93. The molecular weight excluding hydrogens is 394 g/mol. The van der Waals surface area contributed by atoms with Crippen LogP contribution >= 0.6 is 0 Å². The summed E-state index contributed by atoms with van der Waals surface area (Å²) in [6.45, 7) is 1.32. The molecule has 0 spiro atoms. The Labute approximate surface area is 197 Å². The average Bonchev–Trinajstić information content (AvgIpc) is 2.85. The summed E-state index contributed by atoms with van der Waals surface area (Å²) in [5.74, 6) is -0.883. The molecular formula is C24H33N3O4. The molecule has 7 heteroatoms. The fourth-order valence-electron chi connectivity index (χ4n) is 3.28. The van der Waals surface area contributed by atoms with E-state index in [2.05, 4.69) is 5.32 Å². The molecule has 1 unspecified atom stereocenters. The molecule has 2 N–H and O–H groups in total. The van der Waals surface area contributed by atoms with Crippen LogP contribution in [0.2, 0.25) is 0 Å². The summed E-state index contributed by atoms with van der Waals surface area (Å²) in [6, 6.07) is 5.09. The number of hydrogen-bond donors (Lipinski definition) is 2. The highest BCUT2D eigenvalue weighted by Gasteiger charge is 2.21. The highest BCUT2D eigenvalue weighted by atomic mass is 16.5. The van der Waals surface area contributed by atoms with Crippen molar-refractivity contribution in [2.24, 2.45) is 0 Å². The largest absolute Gasteiger partial charge is 0.493 e. The van der Waals surface area contributed by atoms with Crippen LogP contribution < -0.4 is 14.8 Å². The molecule has 0 aromatic heterocycles. The molecule has 2 aromatic rings. The lowest BCUT2D eigenvalue weighted by molar-refractivity contribution is -0.117. The Morgan fingerprint density at radius 1 is 1.23 bits per heavy atom. The minimum Gasteiger partial charge on any atom is -0.493 e. The first-order valence-electron chi connectivity index (χ1n) is 14.4. The molecule has 31 heavy (non-hydrogen) atoms. The summed E-state index contributed by atoms with van der Waals surface area (Å²) in [5.41, 5.74) is 1.17. The van der Waals surface area contributed by atoms with Crippen molar-refractivity contribution < 1.29 is 31.7 Å². The fraction of sp³-hybridized carbons (Fsp3) is 0.458. The number of benzene rings is 2. The first kappa shape index (κ1) is 13.7. The van der Waals surface area contributed by atoms with Crippen LogP contribution in [0, 0.1) is 13.8 Å². The lowest BCUT2D eigenvalue weighted by atomic mass is 10.1. The maximum atomic E-state index is 12.7. The van der Waals surface area contributed by atoms with Crippen molar-refractivity contribution in [2.75, 3.05) is 58.2 Å². The molecule has 7 nitrogen and oxygen atoms in total. The van der Waals surface area contributed by atoms with Crippen LogP contribution in [0.4, 0.5) is 5.69 Å². The van der Waals surface area contributed by atoms with Gasteiger partial charge in [0.1, 0.15) is 12.6 Å². The molecule has 2 aromatic carbocycles. The Balaban J connectivity index is 1.57. The van der Waals surface area contributed by atoms with Crippen LogP contribution in [0.1, 0.15) is 23.5 Å². The van der Waals surface area contributed by atoms with Crippen molar-refractivity contribution in [1.82, 2.24) is 9.80 Å². The van der Waals surface area contributed by atoms with E-state index in [0.717, 1.165) is 0 Å². The third-order valence-corrected chi connectivity index (χ3v) is 4.96. The van der Waals surface area contributed by atoms with Gasteiger partial charge in [0.25, 0.3) is 0 Å². The van der Waals surface area contributed by atoms with Gasteiger partial charge in [-0.3, -0.25) is 14.6 Å². The van der Waals surface area contributed by atoms with E-state index in [9.17, 15) is 9.90 Å². The predicted molar refractivity (Wildman–Crippen MR) is 122 cm³/mol. The van der Waals surface area contributed by atoms with Gasteiger partial charge in [0.05, 0.1) is 25.9 Å². The maximum Gasteiger partial charge on any atom is 0.238 e. The molecule has 168 valence electrons. The second-order valence-electron chi connectivity index (χ2n) is 7.30.